The topological polar surface area (TPSA) is 32.3 Å². The Hall–Kier alpha value is -2.49. The molecule has 3 heteroatoms. The standard InChI is InChI=1S/C22H22FNO/c1-16(19-10-5-7-17(13-19)15-25)24-22(18-8-3-2-4-9-18)20-11-6-12-21(23)14-20/h2-14,16,22,24-25H,15H2,1H3. The molecule has 3 aromatic carbocycles. The zero-order valence-electron chi connectivity index (χ0n) is 14.2. The van der Waals surface area contributed by atoms with Crippen LogP contribution in [0.4, 0.5) is 4.39 Å². The van der Waals surface area contributed by atoms with Crippen molar-refractivity contribution >= 4 is 0 Å². The summed E-state index contributed by atoms with van der Waals surface area (Å²) in [5.74, 6) is -0.241. The van der Waals surface area contributed by atoms with Crippen LogP contribution in [0.3, 0.4) is 0 Å². The lowest BCUT2D eigenvalue weighted by Gasteiger charge is -2.25. The third-order valence-corrected chi connectivity index (χ3v) is 4.37. The van der Waals surface area contributed by atoms with Gasteiger partial charge in [-0.05, 0) is 41.3 Å². The number of rotatable bonds is 6. The molecule has 0 heterocycles. The molecule has 0 amide bonds. The molecule has 3 aromatic rings. The summed E-state index contributed by atoms with van der Waals surface area (Å²) in [6.07, 6.45) is 0. The Morgan fingerprint density at radius 1 is 0.840 bits per heavy atom. The number of nitrogens with one attached hydrogen (secondary N) is 1. The highest BCUT2D eigenvalue weighted by Gasteiger charge is 2.18. The molecule has 2 N–H and O–H groups in total. The van der Waals surface area contributed by atoms with Gasteiger partial charge in [-0.25, -0.2) is 4.39 Å². The van der Waals surface area contributed by atoms with Gasteiger partial charge in [-0.1, -0.05) is 66.7 Å². The van der Waals surface area contributed by atoms with Gasteiger partial charge in [-0.3, -0.25) is 5.32 Å². The lowest BCUT2D eigenvalue weighted by Crippen LogP contribution is -2.25. The number of hydrogen-bond acceptors (Lipinski definition) is 2. The maximum atomic E-state index is 13.7. The Labute approximate surface area is 148 Å². The van der Waals surface area contributed by atoms with Crippen molar-refractivity contribution < 1.29 is 9.50 Å². The molecule has 0 aromatic heterocycles. The molecule has 0 aliphatic carbocycles. The summed E-state index contributed by atoms with van der Waals surface area (Å²) in [4.78, 5) is 0. The van der Waals surface area contributed by atoms with Crippen molar-refractivity contribution in [2.75, 3.05) is 0 Å². The van der Waals surface area contributed by atoms with Crippen LogP contribution in [-0.4, -0.2) is 5.11 Å². The molecule has 0 bridgehead atoms. The number of aliphatic hydroxyl groups is 1. The molecule has 0 aliphatic heterocycles. The summed E-state index contributed by atoms with van der Waals surface area (Å²) in [5.41, 5.74) is 3.94. The molecule has 3 rings (SSSR count). The van der Waals surface area contributed by atoms with Crippen LogP contribution in [0, 0.1) is 5.82 Å². The van der Waals surface area contributed by atoms with E-state index in [0.29, 0.717) is 0 Å². The third-order valence-electron chi connectivity index (χ3n) is 4.37. The molecule has 0 saturated carbocycles. The first-order chi connectivity index (χ1) is 12.2. The van der Waals surface area contributed by atoms with E-state index in [4.69, 9.17) is 0 Å². The first-order valence-corrected chi connectivity index (χ1v) is 8.43. The summed E-state index contributed by atoms with van der Waals surface area (Å²) in [7, 11) is 0. The van der Waals surface area contributed by atoms with E-state index >= 15 is 0 Å². The average Bonchev–Trinajstić information content (AvgIpc) is 2.66. The minimum Gasteiger partial charge on any atom is -0.392 e. The minimum absolute atomic E-state index is 0.0204. The number of halogens is 1. The van der Waals surface area contributed by atoms with Gasteiger partial charge in [0, 0.05) is 6.04 Å². The second-order valence-electron chi connectivity index (χ2n) is 6.19. The monoisotopic (exact) mass is 335 g/mol. The molecule has 0 saturated heterocycles. The number of hydrogen-bond donors (Lipinski definition) is 2. The van der Waals surface area contributed by atoms with Crippen molar-refractivity contribution in [3.05, 3.63) is 107 Å². The van der Waals surface area contributed by atoms with Gasteiger partial charge < -0.3 is 5.11 Å². The SMILES string of the molecule is CC(NC(c1ccccc1)c1cccc(F)c1)c1cccc(CO)c1. The minimum atomic E-state index is -0.241. The van der Waals surface area contributed by atoms with E-state index in [-0.39, 0.29) is 24.5 Å². The Morgan fingerprint density at radius 3 is 2.24 bits per heavy atom. The summed E-state index contributed by atoms with van der Waals surface area (Å²) >= 11 is 0. The maximum Gasteiger partial charge on any atom is 0.123 e. The van der Waals surface area contributed by atoms with E-state index in [9.17, 15) is 9.50 Å². The van der Waals surface area contributed by atoms with Crippen molar-refractivity contribution in [2.45, 2.75) is 25.6 Å². The highest BCUT2D eigenvalue weighted by molar-refractivity contribution is 5.33. The van der Waals surface area contributed by atoms with Crippen LogP contribution < -0.4 is 5.32 Å². The largest absolute Gasteiger partial charge is 0.392 e. The van der Waals surface area contributed by atoms with Crippen LogP contribution >= 0.6 is 0 Å². The molecular formula is C22H22FNO. The van der Waals surface area contributed by atoms with Crippen molar-refractivity contribution in [3.8, 4) is 0 Å². The molecule has 0 spiro atoms. The van der Waals surface area contributed by atoms with Crippen molar-refractivity contribution in [3.63, 3.8) is 0 Å². The van der Waals surface area contributed by atoms with Gasteiger partial charge in [0.2, 0.25) is 0 Å². The van der Waals surface area contributed by atoms with Crippen LogP contribution in [0.2, 0.25) is 0 Å². The van der Waals surface area contributed by atoms with Crippen molar-refractivity contribution in [1.82, 2.24) is 5.32 Å². The fourth-order valence-electron chi connectivity index (χ4n) is 3.02. The molecule has 2 nitrogen and oxygen atoms in total. The Balaban J connectivity index is 1.92. The second-order valence-corrected chi connectivity index (χ2v) is 6.19. The number of aliphatic hydroxyl groups excluding tert-OH is 1. The summed E-state index contributed by atoms with van der Waals surface area (Å²) in [5, 5.41) is 12.9. The van der Waals surface area contributed by atoms with E-state index < -0.39 is 0 Å². The quantitative estimate of drug-likeness (QED) is 0.681. The molecule has 0 fully saturated rings. The Morgan fingerprint density at radius 2 is 1.52 bits per heavy atom. The first-order valence-electron chi connectivity index (χ1n) is 8.43. The highest BCUT2D eigenvalue weighted by Crippen LogP contribution is 2.26. The third kappa shape index (κ3) is 4.32. The van der Waals surface area contributed by atoms with Gasteiger partial charge in [0.15, 0.2) is 0 Å². The molecule has 2 unspecified atom stereocenters. The summed E-state index contributed by atoms with van der Waals surface area (Å²) < 4.78 is 13.7. The predicted octanol–water partition coefficient (Wildman–Crippen LogP) is 4.76. The zero-order valence-corrected chi connectivity index (χ0v) is 14.2. The van der Waals surface area contributed by atoms with Crippen molar-refractivity contribution in [1.29, 1.82) is 0 Å². The van der Waals surface area contributed by atoms with Gasteiger partial charge in [0.25, 0.3) is 0 Å². The molecule has 0 radical (unpaired) electrons. The van der Waals surface area contributed by atoms with E-state index in [0.717, 1.165) is 22.3 Å². The summed E-state index contributed by atoms with van der Waals surface area (Å²) in [6.45, 7) is 2.10. The van der Waals surface area contributed by atoms with Crippen LogP contribution in [0.5, 0.6) is 0 Å². The summed E-state index contributed by atoms with van der Waals surface area (Å²) in [6, 6.07) is 24.5. The molecule has 128 valence electrons. The predicted molar refractivity (Wildman–Crippen MR) is 98.6 cm³/mol. The van der Waals surface area contributed by atoms with E-state index in [1.165, 1.54) is 6.07 Å². The van der Waals surface area contributed by atoms with Crippen LogP contribution in [0.15, 0.2) is 78.9 Å². The zero-order chi connectivity index (χ0) is 17.6. The molecule has 2 atom stereocenters. The van der Waals surface area contributed by atoms with Crippen LogP contribution in [-0.2, 0) is 6.61 Å². The molecular weight excluding hydrogens is 313 g/mol. The normalized spacial score (nSPS) is 13.4. The van der Waals surface area contributed by atoms with E-state index in [1.54, 1.807) is 12.1 Å². The fraction of sp³-hybridized carbons (Fsp3) is 0.182. The van der Waals surface area contributed by atoms with Gasteiger partial charge in [-0.2, -0.15) is 0 Å². The number of benzene rings is 3. The van der Waals surface area contributed by atoms with E-state index in [1.807, 2.05) is 60.7 Å². The average molecular weight is 335 g/mol. The fourth-order valence-corrected chi connectivity index (χ4v) is 3.02. The molecule has 25 heavy (non-hydrogen) atoms. The smallest absolute Gasteiger partial charge is 0.123 e. The Bertz CT molecular complexity index is 819. The van der Waals surface area contributed by atoms with Gasteiger partial charge >= 0.3 is 0 Å². The first kappa shape index (κ1) is 17.3. The van der Waals surface area contributed by atoms with Crippen molar-refractivity contribution in [2.24, 2.45) is 0 Å². The van der Waals surface area contributed by atoms with Gasteiger partial charge in [0.05, 0.1) is 12.6 Å². The van der Waals surface area contributed by atoms with Gasteiger partial charge in [0.1, 0.15) is 5.82 Å². The van der Waals surface area contributed by atoms with E-state index in [2.05, 4.69) is 12.2 Å². The second kappa shape index (κ2) is 8.06. The maximum absolute atomic E-state index is 13.7. The lowest BCUT2D eigenvalue weighted by molar-refractivity contribution is 0.281. The molecule has 0 aliphatic rings. The van der Waals surface area contributed by atoms with Gasteiger partial charge in [-0.15, -0.1) is 0 Å². The lowest BCUT2D eigenvalue weighted by atomic mass is 9.96. The highest BCUT2D eigenvalue weighted by atomic mass is 19.1. The van der Waals surface area contributed by atoms with Crippen LogP contribution in [0.25, 0.3) is 0 Å². The Kier molecular flexibility index (Phi) is 5.59. The van der Waals surface area contributed by atoms with Crippen LogP contribution in [0.1, 0.15) is 41.3 Å².